The fraction of sp³-hybridized carbons (Fsp3) is 0.611. The van der Waals surface area contributed by atoms with Crippen LogP contribution < -0.4 is 4.72 Å². The van der Waals surface area contributed by atoms with Crippen molar-refractivity contribution in [3.05, 3.63) is 29.3 Å². The number of hydrogen-bond acceptors (Lipinski definition) is 4. The Morgan fingerprint density at radius 3 is 2.36 bits per heavy atom. The minimum Gasteiger partial charge on any atom is -0.466 e. The first-order chi connectivity index (χ1) is 11.9. The van der Waals surface area contributed by atoms with E-state index in [-0.39, 0.29) is 10.9 Å². The van der Waals surface area contributed by atoms with Gasteiger partial charge in [-0.15, -0.1) is 0 Å². The molecule has 0 heterocycles. The van der Waals surface area contributed by atoms with Gasteiger partial charge in [0.2, 0.25) is 10.0 Å². The number of halogens is 1. The first-order valence-electron chi connectivity index (χ1n) is 8.81. The molecule has 0 atom stereocenters. The number of carbonyl (C=O) groups is 1. The van der Waals surface area contributed by atoms with E-state index in [0.717, 1.165) is 32.1 Å². The van der Waals surface area contributed by atoms with Crippen LogP contribution in [0, 0.1) is 11.8 Å². The third-order valence-corrected chi connectivity index (χ3v) is 6.42. The third-order valence-electron chi connectivity index (χ3n) is 4.70. The number of carbonyl (C=O) groups excluding carboxylic acids is 1. The summed E-state index contributed by atoms with van der Waals surface area (Å²) in [5.74, 6) is 0.800. The fourth-order valence-electron chi connectivity index (χ4n) is 3.27. The van der Waals surface area contributed by atoms with Gasteiger partial charge >= 0.3 is 5.97 Å². The molecule has 1 aliphatic rings. The third kappa shape index (κ3) is 6.60. The molecule has 2 rings (SSSR count). The Morgan fingerprint density at radius 2 is 1.76 bits per heavy atom. The van der Waals surface area contributed by atoms with Gasteiger partial charge in [-0.05, 0) is 62.3 Å². The standard InChI is InChI=1S/C18H26ClNO4S/c1-2-24-18(21)13-15-5-3-14(4-6-15)11-12-20-25(22,23)17-9-7-16(19)8-10-17/h7-10,14-15,20H,2-6,11-13H2,1H3. The number of sulfonamides is 1. The van der Waals surface area contributed by atoms with Crippen LogP contribution in [0.1, 0.15) is 45.4 Å². The summed E-state index contributed by atoms with van der Waals surface area (Å²) < 4.78 is 32.1. The van der Waals surface area contributed by atoms with Gasteiger partial charge in [-0.1, -0.05) is 24.4 Å². The molecule has 0 amide bonds. The minimum atomic E-state index is -3.48. The van der Waals surface area contributed by atoms with Gasteiger partial charge in [0.1, 0.15) is 0 Å². The summed E-state index contributed by atoms with van der Waals surface area (Å²) in [5, 5.41) is 0.513. The zero-order chi connectivity index (χ0) is 18.3. The number of ether oxygens (including phenoxy) is 1. The van der Waals surface area contributed by atoms with Crippen LogP contribution in [-0.4, -0.2) is 27.5 Å². The zero-order valence-corrected chi connectivity index (χ0v) is 16.1. The highest BCUT2D eigenvalue weighted by Crippen LogP contribution is 2.32. The highest BCUT2D eigenvalue weighted by Gasteiger charge is 2.24. The molecule has 0 unspecified atom stereocenters. The molecule has 1 saturated carbocycles. The van der Waals surface area contributed by atoms with Crippen LogP contribution in [0.3, 0.4) is 0 Å². The summed E-state index contributed by atoms with van der Waals surface area (Å²) in [6, 6.07) is 6.15. The molecule has 7 heteroatoms. The molecule has 1 aromatic rings. The fourth-order valence-corrected chi connectivity index (χ4v) is 4.45. The van der Waals surface area contributed by atoms with E-state index in [2.05, 4.69) is 4.72 Å². The average Bonchev–Trinajstić information content (AvgIpc) is 2.57. The molecule has 1 aliphatic carbocycles. The normalized spacial score (nSPS) is 21.0. The molecule has 1 N–H and O–H groups in total. The lowest BCUT2D eigenvalue weighted by molar-refractivity contribution is -0.144. The molecule has 5 nitrogen and oxygen atoms in total. The maximum Gasteiger partial charge on any atom is 0.306 e. The van der Waals surface area contributed by atoms with E-state index in [0.29, 0.717) is 36.4 Å². The molecule has 0 saturated heterocycles. The summed E-state index contributed by atoms with van der Waals surface area (Å²) in [5.41, 5.74) is 0. The quantitative estimate of drug-likeness (QED) is 0.689. The van der Waals surface area contributed by atoms with Crippen molar-refractivity contribution in [3.63, 3.8) is 0 Å². The molecule has 1 aromatic carbocycles. The van der Waals surface area contributed by atoms with Crippen molar-refractivity contribution < 1.29 is 17.9 Å². The van der Waals surface area contributed by atoms with Gasteiger partial charge in [-0.3, -0.25) is 4.79 Å². The Hall–Kier alpha value is -1.11. The molecule has 0 aliphatic heterocycles. The van der Waals surface area contributed by atoms with Crippen molar-refractivity contribution in [3.8, 4) is 0 Å². The number of nitrogens with one attached hydrogen (secondary N) is 1. The number of hydrogen-bond donors (Lipinski definition) is 1. The lowest BCUT2D eigenvalue weighted by Crippen LogP contribution is -2.27. The van der Waals surface area contributed by atoms with Crippen molar-refractivity contribution in [2.75, 3.05) is 13.2 Å². The summed E-state index contributed by atoms with van der Waals surface area (Å²) in [6.07, 6.45) is 5.41. The topological polar surface area (TPSA) is 72.5 Å². The second-order valence-electron chi connectivity index (χ2n) is 6.54. The summed E-state index contributed by atoms with van der Waals surface area (Å²) in [7, 11) is -3.48. The Kier molecular flexibility index (Phi) is 7.72. The number of esters is 1. The molecule has 0 aromatic heterocycles. The van der Waals surface area contributed by atoms with Crippen molar-refractivity contribution in [1.82, 2.24) is 4.72 Å². The minimum absolute atomic E-state index is 0.110. The van der Waals surface area contributed by atoms with Crippen molar-refractivity contribution in [1.29, 1.82) is 0 Å². The van der Waals surface area contributed by atoms with E-state index in [1.807, 2.05) is 6.92 Å². The Balaban J connectivity index is 1.71. The molecule has 0 radical (unpaired) electrons. The van der Waals surface area contributed by atoms with E-state index in [4.69, 9.17) is 16.3 Å². The molecule has 0 bridgehead atoms. The van der Waals surface area contributed by atoms with Gasteiger partial charge in [0.25, 0.3) is 0 Å². The highest BCUT2D eigenvalue weighted by molar-refractivity contribution is 7.89. The van der Waals surface area contributed by atoms with Crippen LogP contribution in [0.15, 0.2) is 29.2 Å². The average molecular weight is 388 g/mol. The first kappa shape index (κ1) is 20.2. The molecule has 0 spiro atoms. The van der Waals surface area contributed by atoms with Gasteiger partial charge in [0.15, 0.2) is 0 Å². The first-order valence-corrected chi connectivity index (χ1v) is 10.7. The molecule has 25 heavy (non-hydrogen) atoms. The smallest absolute Gasteiger partial charge is 0.306 e. The second-order valence-corrected chi connectivity index (χ2v) is 8.74. The van der Waals surface area contributed by atoms with E-state index >= 15 is 0 Å². The SMILES string of the molecule is CCOC(=O)CC1CCC(CCNS(=O)(=O)c2ccc(Cl)cc2)CC1. The molecule has 140 valence electrons. The lowest BCUT2D eigenvalue weighted by atomic mass is 9.79. The van der Waals surface area contributed by atoms with Crippen molar-refractivity contribution in [2.45, 2.75) is 50.3 Å². The predicted molar refractivity (Wildman–Crippen MR) is 98.0 cm³/mol. The largest absolute Gasteiger partial charge is 0.466 e. The lowest BCUT2D eigenvalue weighted by Gasteiger charge is -2.28. The van der Waals surface area contributed by atoms with Gasteiger partial charge < -0.3 is 4.74 Å². The maximum atomic E-state index is 12.2. The second kappa shape index (κ2) is 9.55. The number of benzene rings is 1. The van der Waals surface area contributed by atoms with Gasteiger partial charge in [0, 0.05) is 18.0 Å². The van der Waals surface area contributed by atoms with E-state index < -0.39 is 10.0 Å². The van der Waals surface area contributed by atoms with Crippen LogP contribution >= 0.6 is 11.6 Å². The zero-order valence-electron chi connectivity index (χ0n) is 14.5. The highest BCUT2D eigenvalue weighted by atomic mass is 35.5. The monoisotopic (exact) mass is 387 g/mol. The summed E-state index contributed by atoms with van der Waals surface area (Å²) in [6.45, 7) is 2.68. The van der Waals surface area contributed by atoms with Crippen LogP contribution in [0.5, 0.6) is 0 Å². The molecule has 1 fully saturated rings. The van der Waals surface area contributed by atoms with Gasteiger partial charge in [-0.2, -0.15) is 0 Å². The van der Waals surface area contributed by atoms with Crippen molar-refractivity contribution in [2.24, 2.45) is 11.8 Å². The Morgan fingerprint density at radius 1 is 1.16 bits per heavy atom. The van der Waals surface area contributed by atoms with Crippen LogP contribution in [0.25, 0.3) is 0 Å². The van der Waals surface area contributed by atoms with Crippen LogP contribution in [0.4, 0.5) is 0 Å². The maximum absolute atomic E-state index is 12.2. The molecular weight excluding hydrogens is 362 g/mol. The summed E-state index contributed by atoms with van der Waals surface area (Å²) >= 11 is 5.78. The van der Waals surface area contributed by atoms with Gasteiger partial charge in [-0.25, -0.2) is 13.1 Å². The molecular formula is C18H26ClNO4S. The van der Waals surface area contributed by atoms with E-state index in [1.165, 1.54) is 12.1 Å². The van der Waals surface area contributed by atoms with Crippen LogP contribution in [-0.2, 0) is 19.6 Å². The number of rotatable bonds is 8. The Labute approximate surface area is 155 Å². The van der Waals surface area contributed by atoms with E-state index in [9.17, 15) is 13.2 Å². The predicted octanol–water partition coefficient (Wildman–Crippen LogP) is 3.77. The van der Waals surface area contributed by atoms with Crippen molar-refractivity contribution >= 4 is 27.6 Å². The van der Waals surface area contributed by atoms with Crippen LogP contribution in [0.2, 0.25) is 5.02 Å². The Bertz CT molecular complexity index is 652. The summed E-state index contributed by atoms with van der Waals surface area (Å²) in [4.78, 5) is 11.8. The van der Waals surface area contributed by atoms with E-state index in [1.54, 1.807) is 12.1 Å². The van der Waals surface area contributed by atoms with Gasteiger partial charge in [0.05, 0.1) is 11.5 Å².